The summed E-state index contributed by atoms with van der Waals surface area (Å²) in [5.41, 5.74) is -1.13. The van der Waals surface area contributed by atoms with Crippen molar-refractivity contribution in [3.63, 3.8) is 0 Å². The monoisotopic (exact) mass is 253 g/mol. The Morgan fingerprint density at radius 1 is 1.56 bits per heavy atom. The van der Waals surface area contributed by atoms with Crippen molar-refractivity contribution >= 4 is 11.9 Å². The number of hydrogen-bond acceptors (Lipinski definition) is 5. The Balaban J connectivity index is 2.32. The summed E-state index contributed by atoms with van der Waals surface area (Å²) in [7, 11) is 0. The maximum atomic E-state index is 12.2. The first-order chi connectivity index (χ1) is 8.51. The second-order valence-corrected chi connectivity index (χ2v) is 4.39. The predicted octanol–water partition coefficient (Wildman–Crippen LogP) is 0.847. The summed E-state index contributed by atoms with van der Waals surface area (Å²) in [5, 5.41) is 12.9. The third-order valence-electron chi connectivity index (χ3n) is 3.44. The zero-order valence-electron chi connectivity index (χ0n) is 10.3. The Bertz CT molecular complexity index is 484. The number of aliphatic carboxylic acids is 1. The third-order valence-corrected chi connectivity index (χ3v) is 3.44. The number of nitrogens with zero attached hydrogens (tertiary/aromatic N) is 3. The van der Waals surface area contributed by atoms with Gasteiger partial charge in [0.2, 0.25) is 5.89 Å². The molecule has 2 heterocycles. The number of aromatic nitrogens is 2. The minimum absolute atomic E-state index is 0.0755. The van der Waals surface area contributed by atoms with Crippen LogP contribution in [0.5, 0.6) is 0 Å². The molecule has 7 nitrogen and oxygen atoms in total. The molecule has 0 spiro atoms. The molecule has 1 amide bonds. The Kier molecular flexibility index (Phi) is 3.06. The van der Waals surface area contributed by atoms with Crippen molar-refractivity contribution in [1.82, 2.24) is 15.0 Å². The summed E-state index contributed by atoms with van der Waals surface area (Å²) in [6.45, 7) is 3.76. The van der Waals surface area contributed by atoms with Gasteiger partial charge in [-0.15, -0.1) is 0 Å². The van der Waals surface area contributed by atoms with Gasteiger partial charge in [0.15, 0.2) is 0 Å². The predicted molar refractivity (Wildman–Crippen MR) is 60.0 cm³/mol. The van der Waals surface area contributed by atoms with Gasteiger partial charge in [-0.25, -0.2) is 4.79 Å². The molecule has 1 saturated heterocycles. The van der Waals surface area contributed by atoms with Crippen LogP contribution in [0, 0.1) is 6.92 Å². The minimum Gasteiger partial charge on any atom is -0.479 e. The number of carbonyl (C=O) groups excluding carboxylic acids is 1. The van der Waals surface area contributed by atoms with Crippen molar-refractivity contribution < 1.29 is 19.2 Å². The number of likely N-dealkylation sites (tertiary alicyclic amines) is 1. The van der Waals surface area contributed by atoms with E-state index in [9.17, 15) is 14.7 Å². The van der Waals surface area contributed by atoms with Gasteiger partial charge >= 0.3 is 5.97 Å². The second-order valence-electron chi connectivity index (χ2n) is 4.39. The van der Waals surface area contributed by atoms with E-state index in [1.165, 1.54) is 4.90 Å². The first kappa shape index (κ1) is 12.5. The lowest BCUT2D eigenvalue weighted by atomic mass is 9.93. The molecule has 1 unspecified atom stereocenters. The topological polar surface area (TPSA) is 96.5 Å². The van der Waals surface area contributed by atoms with E-state index in [4.69, 9.17) is 4.52 Å². The van der Waals surface area contributed by atoms with E-state index in [0.29, 0.717) is 25.8 Å². The minimum atomic E-state index is -1.13. The molecule has 1 aliphatic heterocycles. The van der Waals surface area contributed by atoms with Gasteiger partial charge in [-0.2, -0.15) is 4.98 Å². The van der Waals surface area contributed by atoms with Crippen LogP contribution in [0.1, 0.15) is 42.7 Å². The maximum absolute atomic E-state index is 12.2. The zero-order valence-corrected chi connectivity index (χ0v) is 10.3. The highest BCUT2D eigenvalue weighted by atomic mass is 16.5. The van der Waals surface area contributed by atoms with Crippen LogP contribution in [-0.4, -0.2) is 44.1 Å². The molecule has 18 heavy (non-hydrogen) atoms. The van der Waals surface area contributed by atoms with E-state index in [0.717, 1.165) is 0 Å². The van der Waals surface area contributed by atoms with Crippen LogP contribution < -0.4 is 0 Å². The van der Waals surface area contributed by atoms with Crippen LogP contribution in [0.3, 0.4) is 0 Å². The zero-order chi connectivity index (χ0) is 13.3. The molecule has 98 valence electrons. The Morgan fingerprint density at radius 2 is 2.28 bits per heavy atom. The summed E-state index contributed by atoms with van der Waals surface area (Å²) in [6, 6.07) is 0. The van der Waals surface area contributed by atoms with Crippen LogP contribution in [0.4, 0.5) is 0 Å². The number of aryl methyl sites for hydroxylation is 1. The number of carboxylic acids is 1. The standard InChI is InChI=1S/C11H15N3O4/c1-3-11(10(16)17)5-4-6-14(11)9(15)8-12-7(2)18-13-8/h3-6H2,1-2H3,(H,16,17). The largest absolute Gasteiger partial charge is 0.479 e. The van der Waals surface area contributed by atoms with Gasteiger partial charge in [-0.1, -0.05) is 12.1 Å². The Labute approximate surface area is 104 Å². The smallest absolute Gasteiger partial charge is 0.329 e. The fourth-order valence-electron chi connectivity index (χ4n) is 2.42. The Hall–Kier alpha value is -1.92. The fraction of sp³-hybridized carbons (Fsp3) is 0.636. The average Bonchev–Trinajstić information content (AvgIpc) is 2.94. The van der Waals surface area contributed by atoms with Crippen molar-refractivity contribution in [1.29, 1.82) is 0 Å². The molecule has 0 aromatic carbocycles. The van der Waals surface area contributed by atoms with Crippen molar-refractivity contribution in [3.8, 4) is 0 Å². The van der Waals surface area contributed by atoms with Gasteiger partial charge in [0.25, 0.3) is 11.7 Å². The van der Waals surface area contributed by atoms with Gasteiger partial charge in [-0.3, -0.25) is 4.79 Å². The van der Waals surface area contributed by atoms with Gasteiger partial charge in [0.1, 0.15) is 5.54 Å². The van der Waals surface area contributed by atoms with Crippen LogP contribution >= 0.6 is 0 Å². The molecule has 0 aliphatic carbocycles. The lowest BCUT2D eigenvalue weighted by Gasteiger charge is -2.32. The SMILES string of the molecule is CCC1(C(=O)O)CCCN1C(=O)c1noc(C)n1. The van der Waals surface area contributed by atoms with E-state index in [-0.39, 0.29) is 11.7 Å². The van der Waals surface area contributed by atoms with E-state index < -0.39 is 17.4 Å². The second kappa shape index (κ2) is 4.40. The summed E-state index contributed by atoms with van der Waals surface area (Å²) < 4.78 is 4.75. The van der Waals surface area contributed by atoms with Crippen molar-refractivity contribution in [2.75, 3.05) is 6.54 Å². The summed E-state index contributed by atoms with van der Waals surface area (Å²) in [6.07, 6.45) is 1.50. The molecule has 1 aliphatic rings. The van der Waals surface area contributed by atoms with Gasteiger partial charge in [0.05, 0.1) is 0 Å². The average molecular weight is 253 g/mol. The van der Waals surface area contributed by atoms with Crippen LogP contribution in [0.15, 0.2) is 4.52 Å². The normalized spacial score (nSPS) is 23.3. The fourth-order valence-corrected chi connectivity index (χ4v) is 2.42. The van der Waals surface area contributed by atoms with Gasteiger partial charge in [0, 0.05) is 13.5 Å². The molecule has 1 aromatic heterocycles. The first-order valence-corrected chi connectivity index (χ1v) is 5.87. The molecular weight excluding hydrogens is 238 g/mol. The van der Waals surface area contributed by atoms with Crippen molar-refractivity contribution in [3.05, 3.63) is 11.7 Å². The van der Waals surface area contributed by atoms with E-state index in [1.807, 2.05) is 0 Å². The van der Waals surface area contributed by atoms with Crippen LogP contribution in [0.25, 0.3) is 0 Å². The quantitative estimate of drug-likeness (QED) is 0.857. The number of rotatable bonds is 3. The van der Waals surface area contributed by atoms with E-state index in [1.54, 1.807) is 13.8 Å². The van der Waals surface area contributed by atoms with Crippen molar-refractivity contribution in [2.45, 2.75) is 38.6 Å². The van der Waals surface area contributed by atoms with Crippen LogP contribution in [-0.2, 0) is 4.79 Å². The number of carboxylic acid groups (broad SMARTS) is 1. The van der Waals surface area contributed by atoms with Gasteiger partial charge < -0.3 is 14.5 Å². The molecule has 0 bridgehead atoms. The number of carbonyl (C=O) groups is 2. The lowest BCUT2D eigenvalue weighted by molar-refractivity contribution is -0.148. The number of amides is 1. The summed E-state index contributed by atoms with van der Waals surface area (Å²) >= 11 is 0. The van der Waals surface area contributed by atoms with E-state index >= 15 is 0 Å². The molecule has 2 rings (SSSR count). The summed E-state index contributed by atoms with van der Waals surface area (Å²) in [5.74, 6) is -1.24. The lowest BCUT2D eigenvalue weighted by Crippen LogP contribution is -2.52. The third kappa shape index (κ3) is 1.75. The first-order valence-electron chi connectivity index (χ1n) is 5.87. The molecule has 0 radical (unpaired) electrons. The number of hydrogen-bond donors (Lipinski definition) is 1. The molecule has 1 atom stereocenters. The molecule has 1 N–H and O–H groups in total. The molecule has 7 heteroatoms. The molecular formula is C11H15N3O4. The van der Waals surface area contributed by atoms with E-state index in [2.05, 4.69) is 10.1 Å². The highest BCUT2D eigenvalue weighted by Crippen LogP contribution is 2.33. The summed E-state index contributed by atoms with van der Waals surface area (Å²) in [4.78, 5) is 28.9. The Morgan fingerprint density at radius 3 is 2.78 bits per heavy atom. The molecule has 1 aromatic rings. The van der Waals surface area contributed by atoms with Crippen molar-refractivity contribution in [2.24, 2.45) is 0 Å². The molecule has 1 fully saturated rings. The highest BCUT2D eigenvalue weighted by molar-refractivity contribution is 5.95. The van der Waals surface area contributed by atoms with Crippen LogP contribution in [0.2, 0.25) is 0 Å². The van der Waals surface area contributed by atoms with Gasteiger partial charge in [-0.05, 0) is 19.3 Å². The molecule has 0 saturated carbocycles. The highest BCUT2D eigenvalue weighted by Gasteiger charge is 2.49. The maximum Gasteiger partial charge on any atom is 0.329 e.